The molecule has 0 atom stereocenters. The molecule has 0 spiro atoms. The van der Waals surface area contributed by atoms with E-state index in [-0.39, 0.29) is 11.6 Å². The Morgan fingerprint density at radius 1 is 1.00 bits per heavy atom. The number of hydrogen-bond acceptors (Lipinski definition) is 6. The number of hydrogen-bond donors (Lipinski definition) is 0. The molecular weight excluding hydrogens is 336 g/mol. The van der Waals surface area contributed by atoms with Gasteiger partial charge in [-0.2, -0.15) is 0 Å². The van der Waals surface area contributed by atoms with E-state index < -0.39 is 0 Å². The molecule has 1 aliphatic rings. The Bertz CT molecular complexity index is 811. The Kier molecular flexibility index (Phi) is 5.81. The summed E-state index contributed by atoms with van der Waals surface area (Å²) in [5.74, 6) is 0.225. The second-order valence-electron chi connectivity index (χ2n) is 5.98. The van der Waals surface area contributed by atoms with Crippen molar-refractivity contribution in [1.29, 1.82) is 0 Å². The number of nitrogens with zero attached hydrogens (tertiary/aromatic N) is 2. The number of carbonyl (C=O) groups is 2. The van der Waals surface area contributed by atoms with Crippen molar-refractivity contribution in [2.24, 2.45) is 0 Å². The van der Waals surface area contributed by atoms with Crippen molar-refractivity contribution in [3.05, 3.63) is 52.3 Å². The highest BCUT2D eigenvalue weighted by atomic mass is 32.2. The smallest absolute Gasteiger partial charge is 0.281 e. The molecule has 3 rings (SSSR count). The molecule has 0 aliphatic heterocycles. The highest BCUT2D eigenvalue weighted by Gasteiger charge is 2.27. The molecule has 0 bridgehead atoms. The predicted molar refractivity (Wildman–Crippen MR) is 95.8 cm³/mol. The van der Waals surface area contributed by atoms with Crippen LogP contribution in [0.4, 0.5) is 0 Å². The third-order valence-corrected chi connectivity index (χ3v) is 4.93. The van der Waals surface area contributed by atoms with Gasteiger partial charge in [0.15, 0.2) is 5.78 Å². The van der Waals surface area contributed by atoms with Crippen LogP contribution in [-0.4, -0.2) is 21.8 Å². The van der Waals surface area contributed by atoms with Crippen LogP contribution in [0.2, 0.25) is 0 Å². The summed E-state index contributed by atoms with van der Waals surface area (Å²) in [6, 6.07) is 6.83. The van der Waals surface area contributed by atoms with Gasteiger partial charge in [-0.1, -0.05) is 56.9 Å². The average molecular weight is 356 g/mol. The first-order chi connectivity index (χ1) is 12.2. The fraction of sp³-hybridized carbons (Fsp3) is 0.368. The predicted octanol–water partition coefficient (Wildman–Crippen LogP) is 4.64. The van der Waals surface area contributed by atoms with Crippen molar-refractivity contribution in [3.8, 4) is 0 Å². The Labute approximate surface area is 150 Å². The Balaban J connectivity index is 1.62. The zero-order chi connectivity index (χ0) is 17.6. The van der Waals surface area contributed by atoms with Crippen LogP contribution in [0.5, 0.6) is 0 Å². The van der Waals surface area contributed by atoms with Gasteiger partial charge in [-0.15, -0.1) is 10.2 Å². The Morgan fingerprint density at radius 2 is 1.76 bits per heavy atom. The summed E-state index contributed by atoms with van der Waals surface area (Å²) in [7, 11) is 0. The molecule has 5 nitrogen and oxygen atoms in total. The number of ketones is 2. The van der Waals surface area contributed by atoms with E-state index in [2.05, 4.69) is 17.1 Å². The molecule has 130 valence electrons. The zero-order valence-corrected chi connectivity index (χ0v) is 15.0. The summed E-state index contributed by atoms with van der Waals surface area (Å²) in [5.41, 5.74) is 0.864. The largest absolute Gasteiger partial charge is 0.416 e. The van der Waals surface area contributed by atoms with Gasteiger partial charge in [-0.05, 0) is 18.2 Å². The van der Waals surface area contributed by atoms with E-state index in [4.69, 9.17) is 4.42 Å². The number of allylic oxidation sites excluding steroid dienone is 2. The van der Waals surface area contributed by atoms with Crippen molar-refractivity contribution < 1.29 is 14.0 Å². The highest BCUT2D eigenvalue weighted by molar-refractivity contribution is 8.03. The minimum atomic E-state index is -0.181. The first-order valence-corrected chi connectivity index (χ1v) is 9.40. The van der Waals surface area contributed by atoms with Crippen LogP contribution in [0.3, 0.4) is 0 Å². The number of benzene rings is 1. The van der Waals surface area contributed by atoms with Crippen LogP contribution in [0, 0.1) is 0 Å². The highest BCUT2D eigenvalue weighted by Crippen LogP contribution is 2.32. The van der Waals surface area contributed by atoms with Crippen LogP contribution in [0.15, 0.2) is 44.9 Å². The van der Waals surface area contributed by atoms with E-state index in [9.17, 15) is 9.59 Å². The number of rotatable bonds is 8. The van der Waals surface area contributed by atoms with Crippen molar-refractivity contribution >= 4 is 23.3 Å². The molecule has 2 aromatic rings. The molecule has 0 radical (unpaired) electrons. The van der Waals surface area contributed by atoms with Gasteiger partial charge < -0.3 is 4.42 Å². The van der Waals surface area contributed by atoms with E-state index in [1.807, 2.05) is 0 Å². The molecule has 1 aromatic heterocycles. The van der Waals surface area contributed by atoms with Crippen LogP contribution >= 0.6 is 11.8 Å². The molecule has 25 heavy (non-hydrogen) atoms. The second-order valence-corrected chi connectivity index (χ2v) is 6.97. The zero-order valence-electron chi connectivity index (χ0n) is 14.2. The molecule has 1 aliphatic carbocycles. The van der Waals surface area contributed by atoms with Gasteiger partial charge in [0.25, 0.3) is 5.22 Å². The summed E-state index contributed by atoms with van der Waals surface area (Å²) < 4.78 is 5.60. The lowest BCUT2D eigenvalue weighted by Crippen LogP contribution is -2.15. The molecule has 1 aromatic carbocycles. The fourth-order valence-electron chi connectivity index (χ4n) is 2.72. The number of carbonyl (C=O) groups excluding carboxylic acids is 2. The monoisotopic (exact) mass is 356 g/mol. The molecule has 0 unspecified atom stereocenters. The maximum atomic E-state index is 12.5. The summed E-state index contributed by atoms with van der Waals surface area (Å²) in [6.07, 6.45) is 7.93. The minimum absolute atomic E-state index is 0.173. The van der Waals surface area contributed by atoms with Gasteiger partial charge in [-0.3, -0.25) is 9.59 Å². The molecule has 0 N–H and O–H groups in total. The molecule has 0 amide bonds. The molecule has 0 saturated heterocycles. The topological polar surface area (TPSA) is 73.1 Å². The third-order valence-electron chi connectivity index (χ3n) is 4.06. The van der Waals surface area contributed by atoms with E-state index >= 15 is 0 Å². The second kappa shape index (κ2) is 8.25. The number of thioether (sulfide) groups is 1. The summed E-state index contributed by atoms with van der Waals surface area (Å²) in [4.78, 5) is 25.0. The molecule has 0 fully saturated rings. The Hall–Kier alpha value is -2.21. The van der Waals surface area contributed by atoms with E-state index in [1.165, 1.54) is 25.3 Å². The third kappa shape index (κ3) is 4.25. The summed E-state index contributed by atoms with van der Waals surface area (Å²) in [6.45, 7) is 2.19. The lowest BCUT2D eigenvalue weighted by Gasteiger charge is -2.12. The van der Waals surface area contributed by atoms with Gasteiger partial charge in [0.05, 0.1) is 4.91 Å². The van der Waals surface area contributed by atoms with Crippen molar-refractivity contribution in [3.63, 3.8) is 0 Å². The van der Waals surface area contributed by atoms with E-state index in [0.717, 1.165) is 31.0 Å². The van der Waals surface area contributed by atoms with Gasteiger partial charge in [-0.25, -0.2) is 0 Å². The van der Waals surface area contributed by atoms with Gasteiger partial charge in [0.1, 0.15) is 0 Å². The van der Waals surface area contributed by atoms with Crippen molar-refractivity contribution in [1.82, 2.24) is 10.2 Å². The molecule has 6 heteroatoms. The number of fused-ring (bicyclic) bond motifs is 1. The van der Waals surface area contributed by atoms with Crippen molar-refractivity contribution in [2.45, 2.75) is 50.7 Å². The number of Topliss-reactive ketones (excluding diaryl/α,β-unsaturated/α-hetero) is 1. The molecule has 1 heterocycles. The van der Waals surface area contributed by atoms with Gasteiger partial charge in [0.2, 0.25) is 11.7 Å². The van der Waals surface area contributed by atoms with Gasteiger partial charge >= 0.3 is 0 Å². The lowest BCUT2D eigenvalue weighted by atomic mass is 9.95. The Morgan fingerprint density at radius 3 is 2.56 bits per heavy atom. The first kappa shape index (κ1) is 17.6. The standard InChI is InChI=1S/C19H20N2O3S/c1-2-3-4-5-6-11-17-20-21-19(24-17)25-16-12-15(22)13-9-7-8-10-14(13)18(16)23/h7-10,12H,2-6,11H2,1H3. The summed E-state index contributed by atoms with van der Waals surface area (Å²) in [5, 5.41) is 8.31. The number of aromatic nitrogens is 2. The van der Waals surface area contributed by atoms with Crippen LogP contribution in [0.25, 0.3) is 0 Å². The van der Waals surface area contributed by atoms with Crippen LogP contribution < -0.4 is 0 Å². The maximum absolute atomic E-state index is 12.5. The van der Waals surface area contributed by atoms with Crippen LogP contribution in [-0.2, 0) is 6.42 Å². The first-order valence-electron chi connectivity index (χ1n) is 8.59. The van der Waals surface area contributed by atoms with E-state index in [1.54, 1.807) is 24.3 Å². The molecular formula is C19H20N2O3S. The number of aryl methyl sites for hydroxylation is 1. The van der Waals surface area contributed by atoms with E-state index in [0.29, 0.717) is 27.1 Å². The SMILES string of the molecule is CCCCCCCc1nnc(SC2=CC(=O)c3ccccc3C2=O)o1. The molecule has 0 saturated carbocycles. The fourth-order valence-corrected chi connectivity index (χ4v) is 3.50. The van der Waals surface area contributed by atoms with Gasteiger partial charge in [0, 0.05) is 23.6 Å². The normalized spacial score (nSPS) is 13.7. The van der Waals surface area contributed by atoms with Crippen LogP contribution in [0.1, 0.15) is 65.6 Å². The average Bonchev–Trinajstić information content (AvgIpc) is 3.07. The number of unbranched alkanes of at least 4 members (excludes halogenated alkanes) is 4. The summed E-state index contributed by atoms with van der Waals surface area (Å²) >= 11 is 1.06. The van der Waals surface area contributed by atoms with Crippen molar-refractivity contribution in [2.75, 3.05) is 0 Å². The minimum Gasteiger partial charge on any atom is -0.416 e. The maximum Gasteiger partial charge on any atom is 0.281 e. The quantitative estimate of drug-likeness (QED) is 0.642. The lowest BCUT2D eigenvalue weighted by molar-refractivity contribution is 0.0991.